The minimum absolute atomic E-state index is 0.0813. The molecule has 0 aromatic carbocycles. The average Bonchev–Trinajstić information content (AvgIpc) is 3.10. The predicted octanol–water partition coefficient (Wildman–Crippen LogP) is 6.86. The number of esters is 1. The lowest BCUT2D eigenvalue weighted by atomic mass is 9.44. The maximum absolute atomic E-state index is 11.6. The van der Waals surface area contributed by atoms with Crippen molar-refractivity contribution in [1.82, 2.24) is 0 Å². The summed E-state index contributed by atoms with van der Waals surface area (Å²) in [5.41, 5.74) is 3.66. The number of carboxylic acid groups (broad SMARTS) is 1. The number of carbonyl (C=O) groups is 2. The minimum atomic E-state index is -1.02. The molecule has 37 heavy (non-hydrogen) atoms. The summed E-state index contributed by atoms with van der Waals surface area (Å²) in [6.07, 6.45) is 14.7. The van der Waals surface area contributed by atoms with Gasteiger partial charge in [-0.1, -0.05) is 59.8 Å². The van der Waals surface area contributed by atoms with E-state index in [1.807, 2.05) is 0 Å². The van der Waals surface area contributed by atoms with Gasteiger partial charge in [0.25, 0.3) is 0 Å². The molecule has 4 rings (SSSR count). The second-order valence-electron chi connectivity index (χ2n) is 13.8. The number of ether oxygens (including phenoxy) is 1. The van der Waals surface area contributed by atoms with E-state index < -0.39 is 11.9 Å². The van der Waals surface area contributed by atoms with Crippen molar-refractivity contribution in [3.63, 3.8) is 0 Å². The van der Waals surface area contributed by atoms with Crippen LogP contribution in [0.2, 0.25) is 0 Å². The summed E-state index contributed by atoms with van der Waals surface area (Å²) in [4.78, 5) is 22.7. The van der Waals surface area contributed by atoms with E-state index in [1.165, 1.54) is 19.8 Å². The van der Waals surface area contributed by atoms with Gasteiger partial charge in [-0.3, -0.25) is 4.79 Å². The highest BCUT2D eigenvalue weighted by Crippen LogP contribution is 2.71. The number of rotatable bonds is 7. The van der Waals surface area contributed by atoms with Gasteiger partial charge < -0.3 is 14.9 Å². The molecule has 2 fully saturated rings. The Morgan fingerprint density at radius 2 is 1.81 bits per heavy atom. The van der Waals surface area contributed by atoms with Gasteiger partial charge in [0.1, 0.15) is 6.61 Å². The Morgan fingerprint density at radius 3 is 2.46 bits per heavy atom. The highest BCUT2D eigenvalue weighted by molar-refractivity contribution is 5.87. The summed E-state index contributed by atoms with van der Waals surface area (Å²) in [5.74, 6) is 0.0203. The fourth-order valence-corrected chi connectivity index (χ4v) is 9.05. The third kappa shape index (κ3) is 4.43. The van der Waals surface area contributed by atoms with Gasteiger partial charge in [0, 0.05) is 6.92 Å². The van der Waals surface area contributed by atoms with E-state index in [1.54, 1.807) is 17.2 Å². The van der Waals surface area contributed by atoms with Crippen molar-refractivity contribution in [2.75, 3.05) is 6.61 Å². The Labute approximate surface area is 223 Å². The van der Waals surface area contributed by atoms with Gasteiger partial charge in [-0.15, -0.1) is 0 Å². The number of carboxylic acids is 1. The van der Waals surface area contributed by atoms with Gasteiger partial charge in [-0.2, -0.15) is 0 Å². The molecule has 4 aliphatic carbocycles. The number of hydrogen-bond donors (Lipinski definition) is 2. The fourth-order valence-electron chi connectivity index (χ4n) is 9.05. The number of carbonyl (C=O) groups excluding carboxylic acids is 1. The van der Waals surface area contributed by atoms with E-state index in [2.05, 4.69) is 53.7 Å². The molecular formula is C32H48O5. The molecule has 1 unspecified atom stereocenters. The molecule has 7 atom stereocenters. The lowest BCUT2D eigenvalue weighted by Crippen LogP contribution is -2.54. The van der Waals surface area contributed by atoms with Crippen LogP contribution in [0.5, 0.6) is 0 Å². The molecule has 0 heterocycles. The third-order valence-corrected chi connectivity index (χ3v) is 11.7. The molecule has 2 saturated carbocycles. The molecule has 2 N–H and O–H groups in total. The summed E-state index contributed by atoms with van der Waals surface area (Å²) < 4.78 is 4.92. The Bertz CT molecular complexity index is 1030. The first-order valence-electron chi connectivity index (χ1n) is 14.3. The van der Waals surface area contributed by atoms with Crippen LogP contribution in [0.15, 0.2) is 34.9 Å². The Kier molecular flexibility index (Phi) is 7.38. The van der Waals surface area contributed by atoms with Crippen LogP contribution < -0.4 is 0 Å². The molecule has 5 heteroatoms. The maximum Gasteiger partial charge on any atom is 0.334 e. The largest absolute Gasteiger partial charge is 0.478 e. The van der Waals surface area contributed by atoms with E-state index in [0.717, 1.165) is 32.1 Å². The van der Waals surface area contributed by atoms with E-state index in [-0.39, 0.29) is 39.9 Å². The molecule has 0 amide bonds. The van der Waals surface area contributed by atoms with Crippen molar-refractivity contribution in [2.24, 2.45) is 39.4 Å². The van der Waals surface area contributed by atoms with Crippen LogP contribution in [0.3, 0.4) is 0 Å². The molecule has 0 aromatic heterocycles. The summed E-state index contributed by atoms with van der Waals surface area (Å²) >= 11 is 0. The van der Waals surface area contributed by atoms with Gasteiger partial charge in [0.2, 0.25) is 0 Å². The second kappa shape index (κ2) is 9.70. The van der Waals surface area contributed by atoms with Gasteiger partial charge in [-0.05, 0) is 102 Å². The van der Waals surface area contributed by atoms with Crippen molar-refractivity contribution < 1.29 is 24.5 Å². The highest BCUT2D eigenvalue weighted by atomic mass is 16.5. The number of aliphatic hydroxyl groups excluding tert-OH is 1. The molecule has 0 aromatic rings. The Balaban J connectivity index is 1.54. The van der Waals surface area contributed by atoms with Gasteiger partial charge in [0.15, 0.2) is 0 Å². The lowest BCUT2D eigenvalue weighted by Gasteiger charge is -2.61. The molecule has 0 radical (unpaired) electrons. The van der Waals surface area contributed by atoms with Gasteiger partial charge >= 0.3 is 11.9 Å². The number of aliphatic hydroxyl groups is 1. The smallest absolute Gasteiger partial charge is 0.334 e. The number of fused-ring (bicyclic) bond motifs is 5. The zero-order chi connectivity index (χ0) is 27.4. The lowest BCUT2D eigenvalue weighted by molar-refractivity contribution is -0.141. The Hall–Kier alpha value is -1.88. The standard InChI is InChI=1S/C32H48O5/c1-20(9-8-10-22(28(35)36)19-37-21(2)33)23-13-17-32(7)25-11-12-26-29(3,4)27(34)15-16-30(26,5)24(25)14-18-31(23,32)6/h10-11,14,20,23,26-27,34H,8-9,12-13,15-19H2,1-7H3,(H,35,36)/t20-,23-,26?,27-,30-,31-,32+/m1/s1. The van der Waals surface area contributed by atoms with Crippen LogP contribution in [-0.4, -0.2) is 34.9 Å². The maximum atomic E-state index is 11.6. The van der Waals surface area contributed by atoms with Crippen LogP contribution in [-0.2, 0) is 14.3 Å². The van der Waals surface area contributed by atoms with E-state index >= 15 is 0 Å². The molecule has 206 valence electrons. The van der Waals surface area contributed by atoms with Crippen LogP contribution in [0.4, 0.5) is 0 Å². The van der Waals surface area contributed by atoms with Crippen LogP contribution >= 0.6 is 0 Å². The van der Waals surface area contributed by atoms with E-state index in [0.29, 0.717) is 24.2 Å². The van der Waals surface area contributed by atoms with Crippen molar-refractivity contribution >= 4 is 11.9 Å². The molecule has 0 saturated heterocycles. The highest BCUT2D eigenvalue weighted by Gasteiger charge is 2.62. The van der Waals surface area contributed by atoms with E-state index in [4.69, 9.17) is 4.74 Å². The van der Waals surface area contributed by atoms with Crippen molar-refractivity contribution in [2.45, 2.75) is 106 Å². The molecule has 0 aliphatic heterocycles. The summed E-state index contributed by atoms with van der Waals surface area (Å²) in [5, 5.41) is 20.3. The summed E-state index contributed by atoms with van der Waals surface area (Å²) in [6, 6.07) is 0. The van der Waals surface area contributed by atoms with Gasteiger partial charge in [0.05, 0.1) is 11.7 Å². The first-order chi connectivity index (χ1) is 17.2. The van der Waals surface area contributed by atoms with E-state index in [9.17, 15) is 19.8 Å². The number of aliphatic carboxylic acids is 1. The molecule has 0 bridgehead atoms. The SMILES string of the molecule is CC(=O)OCC(=CCC[C@@H](C)[C@H]1CC[C@@]2(C)C3=CCC4C(C)(C)[C@H](O)CC[C@]4(C)C3=CC[C@]12C)C(=O)O. The average molecular weight is 513 g/mol. The first-order valence-corrected chi connectivity index (χ1v) is 14.3. The molecule has 5 nitrogen and oxygen atoms in total. The second-order valence-corrected chi connectivity index (χ2v) is 13.8. The van der Waals surface area contributed by atoms with Crippen LogP contribution in [0.1, 0.15) is 99.8 Å². The predicted molar refractivity (Wildman–Crippen MR) is 146 cm³/mol. The first kappa shape index (κ1) is 28.1. The number of allylic oxidation sites excluding steroid dienone is 5. The topological polar surface area (TPSA) is 83.8 Å². The van der Waals surface area contributed by atoms with Gasteiger partial charge in [-0.25, -0.2) is 4.79 Å². The fraction of sp³-hybridized carbons (Fsp3) is 0.750. The third-order valence-electron chi connectivity index (χ3n) is 11.7. The minimum Gasteiger partial charge on any atom is -0.478 e. The number of hydrogen-bond acceptors (Lipinski definition) is 4. The van der Waals surface area contributed by atoms with Crippen LogP contribution in [0.25, 0.3) is 0 Å². The zero-order valence-electron chi connectivity index (χ0n) is 24.0. The monoisotopic (exact) mass is 512 g/mol. The molecular weight excluding hydrogens is 464 g/mol. The summed E-state index contributed by atoms with van der Waals surface area (Å²) in [7, 11) is 0. The molecule has 4 aliphatic rings. The normalized spacial score (nSPS) is 39.5. The van der Waals surface area contributed by atoms with Crippen molar-refractivity contribution in [3.8, 4) is 0 Å². The van der Waals surface area contributed by atoms with Crippen molar-refractivity contribution in [1.29, 1.82) is 0 Å². The Morgan fingerprint density at radius 1 is 1.11 bits per heavy atom. The van der Waals surface area contributed by atoms with Crippen LogP contribution in [0, 0.1) is 39.4 Å². The zero-order valence-corrected chi connectivity index (χ0v) is 24.0. The van der Waals surface area contributed by atoms with Crippen molar-refractivity contribution in [3.05, 3.63) is 34.9 Å². The summed E-state index contributed by atoms with van der Waals surface area (Å²) in [6.45, 7) is 15.4. The quantitative estimate of drug-likeness (QED) is 0.287. The molecule has 0 spiro atoms.